The normalized spacial score (nSPS) is 22.3. The first kappa shape index (κ1) is 47.3. The molecule has 1 amide bonds. The molecule has 2 aromatic carbocycles. The fourth-order valence-electron chi connectivity index (χ4n) is 11.2. The van der Waals surface area contributed by atoms with Crippen LogP contribution in [0.5, 0.6) is 0 Å². The van der Waals surface area contributed by atoms with Crippen LogP contribution in [-0.4, -0.2) is 109 Å². The summed E-state index contributed by atoms with van der Waals surface area (Å²) in [4.78, 5) is 39.6. The summed E-state index contributed by atoms with van der Waals surface area (Å²) in [7, 11) is -6.96. The highest BCUT2D eigenvalue weighted by Crippen LogP contribution is 2.42. The molecule has 0 radical (unpaired) electrons. The maximum Gasteiger partial charge on any atom is 0.335 e. The number of benzene rings is 2. The van der Waals surface area contributed by atoms with Crippen LogP contribution in [0, 0.1) is 23.7 Å². The Hall–Kier alpha value is -4.25. The highest BCUT2D eigenvalue weighted by atomic mass is 32.2. The lowest BCUT2D eigenvalue weighted by Gasteiger charge is -2.33. The van der Waals surface area contributed by atoms with Gasteiger partial charge in [-0.1, -0.05) is 0 Å². The van der Waals surface area contributed by atoms with Crippen LogP contribution in [0.15, 0.2) is 36.4 Å². The van der Waals surface area contributed by atoms with Crippen molar-refractivity contribution in [1.29, 1.82) is 0 Å². The maximum absolute atomic E-state index is 13.7. The highest BCUT2D eigenvalue weighted by Gasteiger charge is 2.39. The van der Waals surface area contributed by atoms with E-state index < -0.39 is 37.7 Å². The van der Waals surface area contributed by atoms with Crippen molar-refractivity contribution in [3.8, 4) is 0 Å². The monoisotopic (exact) mass is 935 g/mol. The first-order valence-corrected chi connectivity index (χ1v) is 26.9. The van der Waals surface area contributed by atoms with Crippen LogP contribution in [0.3, 0.4) is 0 Å². The molecule has 5 heterocycles. The molecule has 0 bridgehead atoms. The number of likely N-dealkylation sites (tertiary alicyclic amines) is 1. The van der Waals surface area contributed by atoms with Crippen LogP contribution in [0.1, 0.15) is 129 Å². The zero-order chi connectivity index (χ0) is 46.4. The predicted molar refractivity (Wildman–Crippen MR) is 249 cm³/mol. The van der Waals surface area contributed by atoms with Crippen molar-refractivity contribution >= 4 is 59.7 Å². The Morgan fingerprint density at radius 3 is 1.58 bits per heavy atom. The molecule has 354 valence electrons. The van der Waals surface area contributed by atoms with Gasteiger partial charge in [-0.15, -0.1) is 0 Å². The largest absolute Gasteiger partial charge is 0.478 e. The number of fused-ring (bicyclic) bond motifs is 6. The van der Waals surface area contributed by atoms with Gasteiger partial charge in [-0.2, -0.15) is 0 Å². The molecule has 5 aliphatic rings. The van der Waals surface area contributed by atoms with Crippen LogP contribution in [-0.2, 0) is 64.7 Å². The molecule has 3 fully saturated rings. The van der Waals surface area contributed by atoms with Gasteiger partial charge in [0.15, 0.2) is 0 Å². The molecule has 0 spiro atoms. The van der Waals surface area contributed by atoms with Crippen LogP contribution in [0.4, 0.5) is 0 Å². The molecule has 2 aromatic heterocycles. The topological polar surface area (TPSA) is 181 Å². The molecule has 2 aliphatic carbocycles. The van der Waals surface area contributed by atoms with Crippen LogP contribution in [0.2, 0.25) is 0 Å². The third-order valence-electron chi connectivity index (χ3n) is 14.5. The maximum atomic E-state index is 13.7. The second-order valence-corrected chi connectivity index (χ2v) is 23.8. The summed E-state index contributed by atoms with van der Waals surface area (Å²) in [5.74, 6) is 0.596. The number of nitrogens with zero attached hydrogens (tertiary/aromatic N) is 3. The highest BCUT2D eigenvalue weighted by molar-refractivity contribution is 7.90. The van der Waals surface area contributed by atoms with Gasteiger partial charge in [-0.05, 0) is 183 Å². The Kier molecular flexibility index (Phi) is 13.7. The van der Waals surface area contributed by atoms with E-state index in [0.717, 1.165) is 118 Å². The van der Waals surface area contributed by atoms with Gasteiger partial charge in [0, 0.05) is 60.7 Å². The number of carboxylic acid groups (broad SMARTS) is 1. The lowest BCUT2D eigenvalue weighted by Crippen LogP contribution is -2.43. The summed E-state index contributed by atoms with van der Waals surface area (Å²) in [6.45, 7) is 12.4. The van der Waals surface area contributed by atoms with E-state index in [1.54, 1.807) is 43.0 Å². The molecule has 3 aliphatic heterocycles. The van der Waals surface area contributed by atoms with Gasteiger partial charge in [-0.25, -0.2) is 34.4 Å². The van der Waals surface area contributed by atoms with Gasteiger partial charge >= 0.3 is 11.9 Å². The van der Waals surface area contributed by atoms with Crippen LogP contribution < -0.4 is 0 Å². The number of rotatable bonds is 9. The Morgan fingerprint density at radius 2 is 1.14 bits per heavy atom. The van der Waals surface area contributed by atoms with Crippen molar-refractivity contribution in [2.24, 2.45) is 23.7 Å². The fourth-order valence-corrected chi connectivity index (χ4v) is 13.7. The Morgan fingerprint density at radius 1 is 0.677 bits per heavy atom. The minimum atomic E-state index is -3.51. The lowest BCUT2D eigenvalue weighted by atomic mass is 9.75. The third kappa shape index (κ3) is 9.51. The van der Waals surface area contributed by atoms with Crippen molar-refractivity contribution < 1.29 is 50.5 Å². The quantitative estimate of drug-likeness (QED) is 0.165. The van der Waals surface area contributed by atoms with Crippen molar-refractivity contribution in [2.45, 2.75) is 123 Å². The van der Waals surface area contributed by atoms with Crippen LogP contribution >= 0.6 is 0 Å². The van der Waals surface area contributed by atoms with E-state index in [2.05, 4.69) is 0 Å². The van der Waals surface area contributed by atoms with Crippen molar-refractivity contribution in [2.75, 3.05) is 44.5 Å². The van der Waals surface area contributed by atoms with E-state index >= 15 is 0 Å². The average Bonchev–Trinajstić information content (AvgIpc) is 4.02. The van der Waals surface area contributed by atoms with Gasteiger partial charge in [0.1, 0.15) is 11.6 Å². The second-order valence-electron chi connectivity index (χ2n) is 19.5. The number of carboxylic acids is 1. The molecular formula is C49H65N3O11S2. The molecule has 4 aromatic rings. The van der Waals surface area contributed by atoms with E-state index in [9.17, 15) is 36.3 Å². The molecule has 16 heteroatoms. The summed E-state index contributed by atoms with van der Waals surface area (Å²) in [6.07, 6.45) is 10.5. The minimum Gasteiger partial charge on any atom is -0.478 e. The third-order valence-corrected chi connectivity index (χ3v) is 17.9. The van der Waals surface area contributed by atoms with Gasteiger partial charge in [0.05, 0.1) is 28.1 Å². The van der Waals surface area contributed by atoms with Gasteiger partial charge in [-0.3, -0.25) is 4.79 Å². The number of carbonyl (C=O) groups is 3. The number of amides is 1. The molecule has 9 rings (SSSR count). The fraction of sp³-hybridized carbons (Fsp3) is 0.612. The minimum absolute atomic E-state index is 0.0125. The molecule has 2 unspecified atom stereocenters. The summed E-state index contributed by atoms with van der Waals surface area (Å²) in [5, 5.41) is 11.0. The zero-order valence-corrected chi connectivity index (χ0v) is 40.1. The Labute approximate surface area is 383 Å². The Balaban J connectivity index is 0.000000188. The number of carbonyl (C=O) groups excluding carboxylic acids is 2. The molecular weight excluding hydrogens is 871 g/mol. The van der Waals surface area contributed by atoms with Gasteiger partial charge < -0.3 is 24.2 Å². The molecule has 1 N–H and O–H groups in total. The summed E-state index contributed by atoms with van der Waals surface area (Å²) < 4.78 is 71.6. The first-order chi connectivity index (χ1) is 30.9. The lowest BCUT2D eigenvalue weighted by molar-refractivity contribution is -0.159. The van der Waals surface area contributed by atoms with Gasteiger partial charge in [0.25, 0.3) is 5.91 Å². The zero-order valence-electron chi connectivity index (χ0n) is 38.5. The number of esters is 1. The summed E-state index contributed by atoms with van der Waals surface area (Å²) in [5.41, 5.74) is 5.10. The van der Waals surface area contributed by atoms with E-state index in [0.29, 0.717) is 66.1 Å². The summed E-state index contributed by atoms with van der Waals surface area (Å²) in [6, 6.07) is 9.52. The summed E-state index contributed by atoms with van der Waals surface area (Å²) >= 11 is 0. The Bertz CT molecular complexity index is 2680. The first-order valence-electron chi connectivity index (χ1n) is 23.6. The van der Waals surface area contributed by atoms with E-state index in [1.807, 2.05) is 26.8 Å². The molecule has 65 heavy (non-hydrogen) atoms. The number of ether oxygens (including phenoxy) is 3. The van der Waals surface area contributed by atoms with Crippen molar-refractivity contribution in [3.63, 3.8) is 0 Å². The van der Waals surface area contributed by atoms with E-state index in [4.69, 9.17) is 14.2 Å². The van der Waals surface area contributed by atoms with Crippen molar-refractivity contribution in [1.82, 2.24) is 12.8 Å². The number of hydrogen-bond donors (Lipinski definition) is 1. The average molecular weight is 936 g/mol. The van der Waals surface area contributed by atoms with E-state index in [1.165, 1.54) is 14.0 Å². The van der Waals surface area contributed by atoms with Gasteiger partial charge in [0.2, 0.25) is 20.0 Å². The standard InChI is InChI=1S/C29H40N2O6S.C20H25NO5S/c1-5-38(34,35)31-24-10-8-20(19-12-15-36-16-13-19)17-22(24)23-18-21(9-11-25(23)31)27(32)30-14-6-7-26(30)28(33)37-29(2,3)4;1-2-27(24,25)21-18-5-3-14(13-7-9-26-10-8-13)11-16(18)17-12-15(20(22)23)4-6-19(17)21/h9,11,18-20,26H,5-8,10,12-17H2,1-4H3;4,6,12-14H,2-3,5,7-11H2,1H3,(H,22,23)/t20?,26-;/m1./s1. The molecule has 3 atom stereocenters. The van der Waals surface area contributed by atoms with Crippen molar-refractivity contribution in [3.05, 3.63) is 70.0 Å². The number of aromatic nitrogens is 2. The molecule has 0 saturated carbocycles. The smallest absolute Gasteiger partial charge is 0.335 e. The van der Waals surface area contributed by atoms with E-state index in [-0.39, 0.29) is 28.9 Å². The number of aromatic carboxylic acids is 1. The molecule has 14 nitrogen and oxygen atoms in total. The molecule has 3 saturated heterocycles. The SMILES string of the molecule is CCS(=O)(=O)n1c2c(c3cc(C(=O)N4CCC[C@@H]4C(=O)OC(C)(C)C)ccc31)CC(C1CCOCC1)CC2.CCS(=O)(=O)n1c2c(c3cc(C(=O)O)ccc31)CC(C1CCOCC1)CC2. The van der Waals surface area contributed by atoms with Crippen LogP contribution in [0.25, 0.3) is 21.8 Å². The number of hydrogen-bond acceptors (Lipinski definition) is 10. The second kappa shape index (κ2) is 18.8. The predicted octanol–water partition coefficient (Wildman–Crippen LogP) is 7.39.